The number of hydrogen-bond donors (Lipinski definition) is 0. The molecule has 2 aliphatic rings. The number of pyridine rings is 1. The zero-order valence-corrected chi connectivity index (χ0v) is 16.2. The van der Waals surface area contributed by atoms with Crippen molar-refractivity contribution in [1.82, 2.24) is 13.8 Å². The monoisotopic (exact) mass is 381 g/mol. The van der Waals surface area contributed by atoms with Crippen molar-refractivity contribution in [2.75, 3.05) is 20.6 Å². The molecule has 1 saturated carbocycles. The Balaban J connectivity index is 1.82. The zero-order valence-electron chi connectivity index (χ0n) is 15.4. The van der Waals surface area contributed by atoms with E-state index in [0.29, 0.717) is 5.92 Å². The molecule has 0 aromatic carbocycles. The summed E-state index contributed by atoms with van der Waals surface area (Å²) in [5.74, 6) is 0.474. The lowest BCUT2D eigenvalue weighted by Gasteiger charge is -2.44. The first-order valence-electron chi connectivity index (χ1n) is 9.23. The average Bonchev–Trinajstić information content (AvgIpc) is 2.62. The minimum absolute atomic E-state index is 0.0177. The largest absolute Gasteiger partial charge is 0.338 e. The van der Waals surface area contributed by atoms with Crippen LogP contribution in [0.4, 0.5) is 0 Å². The van der Waals surface area contributed by atoms with Crippen LogP contribution in [-0.4, -0.2) is 54.8 Å². The van der Waals surface area contributed by atoms with Gasteiger partial charge in [0.25, 0.3) is 5.56 Å². The fourth-order valence-electron chi connectivity index (χ4n) is 4.17. The first kappa shape index (κ1) is 19.1. The Kier molecular flexibility index (Phi) is 5.53. The molecule has 3 rings (SSSR count). The number of carbonyl (C=O) groups is 1. The van der Waals surface area contributed by atoms with Crippen LogP contribution in [0.15, 0.2) is 28.0 Å². The molecule has 0 unspecified atom stereocenters. The van der Waals surface area contributed by atoms with Crippen LogP contribution in [0, 0.1) is 5.92 Å². The van der Waals surface area contributed by atoms with Gasteiger partial charge in [0.05, 0.1) is 4.90 Å². The summed E-state index contributed by atoms with van der Waals surface area (Å²) in [6, 6.07) is 2.77. The predicted octanol–water partition coefficient (Wildman–Crippen LogP) is 1.28. The lowest BCUT2D eigenvalue weighted by atomic mass is 9.78. The quantitative estimate of drug-likeness (QED) is 0.787. The van der Waals surface area contributed by atoms with Gasteiger partial charge in [0.2, 0.25) is 15.9 Å². The van der Waals surface area contributed by atoms with E-state index in [9.17, 15) is 18.0 Å². The third kappa shape index (κ3) is 3.71. The normalized spacial score (nSPS) is 23.7. The summed E-state index contributed by atoms with van der Waals surface area (Å²) >= 11 is 0. The van der Waals surface area contributed by atoms with E-state index < -0.39 is 10.0 Å². The highest BCUT2D eigenvalue weighted by Gasteiger charge is 2.35. The molecular weight excluding hydrogens is 354 g/mol. The summed E-state index contributed by atoms with van der Waals surface area (Å²) in [5.41, 5.74) is -0.367. The second-order valence-corrected chi connectivity index (χ2v) is 9.61. The Bertz CT molecular complexity index is 829. The molecule has 26 heavy (non-hydrogen) atoms. The predicted molar refractivity (Wildman–Crippen MR) is 98.3 cm³/mol. The molecule has 0 spiro atoms. The summed E-state index contributed by atoms with van der Waals surface area (Å²) in [4.78, 5) is 27.0. The maximum atomic E-state index is 12.9. The molecule has 2 heterocycles. The molecule has 1 amide bonds. The molecule has 1 aromatic rings. The second-order valence-electron chi connectivity index (χ2n) is 7.46. The van der Waals surface area contributed by atoms with Crippen molar-refractivity contribution in [2.24, 2.45) is 5.92 Å². The van der Waals surface area contributed by atoms with Crippen molar-refractivity contribution in [1.29, 1.82) is 0 Å². The Morgan fingerprint density at radius 1 is 1.15 bits per heavy atom. The van der Waals surface area contributed by atoms with Crippen molar-refractivity contribution >= 4 is 15.9 Å². The van der Waals surface area contributed by atoms with Gasteiger partial charge in [0, 0.05) is 38.9 Å². The van der Waals surface area contributed by atoms with Crippen LogP contribution < -0.4 is 5.56 Å². The van der Waals surface area contributed by atoms with Gasteiger partial charge in [0.1, 0.15) is 6.54 Å². The van der Waals surface area contributed by atoms with E-state index in [1.165, 1.54) is 56.3 Å². The summed E-state index contributed by atoms with van der Waals surface area (Å²) in [6.45, 7) is 0.614. The molecule has 1 aliphatic heterocycles. The third-order valence-corrected chi connectivity index (χ3v) is 7.40. The van der Waals surface area contributed by atoms with E-state index in [1.807, 2.05) is 4.90 Å². The molecule has 144 valence electrons. The number of piperidine rings is 1. The molecule has 0 radical (unpaired) electrons. The van der Waals surface area contributed by atoms with Crippen molar-refractivity contribution in [3.8, 4) is 0 Å². The molecule has 1 aromatic heterocycles. The highest BCUT2D eigenvalue weighted by Crippen LogP contribution is 2.35. The van der Waals surface area contributed by atoms with Crippen LogP contribution in [0.3, 0.4) is 0 Å². The van der Waals surface area contributed by atoms with Crippen LogP contribution >= 0.6 is 0 Å². The van der Waals surface area contributed by atoms with Gasteiger partial charge in [-0.1, -0.05) is 12.8 Å². The SMILES string of the molecule is CN(C)S(=O)(=O)c1ccc(=O)n(CC(=O)N2CCC[C@@H]3CCCC[C@@H]32)c1. The fraction of sp³-hybridized carbons (Fsp3) is 0.667. The Labute approximate surface area is 154 Å². The number of nitrogens with zero attached hydrogens (tertiary/aromatic N) is 3. The summed E-state index contributed by atoms with van der Waals surface area (Å²) in [7, 11) is -0.772. The van der Waals surface area contributed by atoms with Gasteiger partial charge in [-0.15, -0.1) is 0 Å². The number of sulfonamides is 1. The number of likely N-dealkylation sites (tertiary alicyclic amines) is 1. The van der Waals surface area contributed by atoms with Crippen molar-refractivity contribution in [2.45, 2.75) is 56.0 Å². The molecule has 0 N–H and O–H groups in total. The highest BCUT2D eigenvalue weighted by molar-refractivity contribution is 7.89. The van der Waals surface area contributed by atoms with E-state index in [0.717, 1.165) is 30.1 Å². The number of rotatable bonds is 4. The summed E-state index contributed by atoms with van der Waals surface area (Å²) in [6.07, 6.45) is 8.01. The van der Waals surface area contributed by atoms with Gasteiger partial charge in [-0.2, -0.15) is 0 Å². The van der Waals surface area contributed by atoms with Gasteiger partial charge in [0.15, 0.2) is 0 Å². The molecule has 2 fully saturated rings. The van der Waals surface area contributed by atoms with Crippen LogP contribution in [0.2, 0.25) is 0 Å². The summed E-state index contributed by atoms with van der Waals surface area (Å²) < 4.78 is 26.9. The van der Waals surface area contributed by atoms with Crippen LogP contribution in [0.5, 0.6) is 0 Å². The van der Waals surface area contributed by atoms with E-state index in [-0.39, 0.29) is 28.9 Å². The molecule has 1 aliphatic carbocycles. The van der Waals surface area contributed by atoms with E-state index in [4.69, 9.17) is 0 Å². The zero-order chi connectivity index (χ0) is 18.9. The Morgan fingerprint density at radius 2 is 1.85 bits per heavy atom. The molecule has 7 nitrogen and oxygen atoms in total. The molecule has 1 saturated heterocycles. The van der Waals surface area contributed by atoms with Crippen LogP contribution in [0.1, 0.15) is 38.5 Å². The Hall–Kier alpha value is -1.67. The number of fused-ring (bicyclic) bond motifs is 1. The molecule has 0 bridgehead atoms. The average molecular weight is 381 g/mol. The first-order chi connectivity index (χ1) is 12.3. The fourth-order valence-corrected chi connectivity index (χ4v) is 5.09. The van der Waals surface area contributed by atoms with E-state index in [1.54, 1.807) is 0 Å². The maximum Gasteiger partial charge on any atom is 0.251 e. The second kappa shape index (κ2) is 7.52. The van der Waals surface area contributed by atoms with Crippen molar-refractivity contribution in [3.63, 3.8) is 0 Å². The molecule has 8 heteroatoms. The molecular formula is C18H27N3O4S. The molecule has 2 atom stereocenters. The van der Waals surface area contributed by atoms with Crippen LogP contribution in [0.25, 0.3) is 0 Å². The first-order valence-corrected chi connectivity index (χ1v) is 10.7. The smallest absolute Gasteiger partial charge is 0.251 e. The number of amides is 1. The Morgan fingerprint density at radius 3 is 2.58 bits per heavy atom. The van der Waals surface area contributed by atoms with Gasteiger partial charge in [-0.05, 0) is 37.7 Å². The topological polar surface area (TPSA) is 79.7 Å². The summed E-state index contributed by atoms with van der Waals surface area (Å²) in [5, 5.41) is 0. The number of hydrogen-bond acceptors (Lipinski definition) is 4. The lowest BCUT2D eigenvalue weighted by Crippen LogP contribution is -2.51. The number of aromatic nitrogens is 1. The van der Waals surface area contributed by atoms with Gasteiger partial charge in [-0.25, -0.2) is 12.7 Å². The maximum absolute atomic E-state index is 12.9. The number of carbonyl (C=O) groups excluding carboxylic acids is 1. The standard InChI is InChI=1S/C18H27N3O4S/c1-19(2)26(24,25)15-9-10-17(22)20(12-15)13-18(23)21-11-5-7-14-6-3-4-8-16(14)21/h9-10,12,14,16H,3-8,11,13H2,1-2H3/t14-,16-/m0/s1. The minimum Gasteiger partial charge on any atom is -0.338 e. The van der Waals surface area contributed by atoms with Gasteiger partial charge >= 0.3 is 0 Å². The van der Waals surface area contributed by atoms with Gasteiger partial charge in [-0.3, -0.25) is 9.59 Å². The lowest BCUT2D eigenvalue weighted by molar-refractivity contribution is -0.138. The highest BCUT2D eigenvalue weighted by atomic mass is 32.2. The van der Waals surface area contributed by atoms with Crippen molar-refractivity contribution in [3.05, 3.63) is 28.7 Å². The van der Waals surface area contributed by atoms with E-state index in [2.05, 4.69) is 0 Å². The van der Waals surface area contributed by atoms with Gasteiger partial charge < -0.3 is 9.47 Å². The minimum atomic E-state index is -3.65. The van der Waals surface area contributed by atoms with Crippen molar-refractivity contribution < 1.29 is 13.2 Å². The third-order valence-electron chi connectivity index (χ3n) is 5.60. The van der Waals surface area contributed by atoms with E-state index >= 15 is 0 Å². The van der Waals surface area contributed by atoms with Crippen LogP contribution in [-0.2, 0) is 21.4 Å².